The van der Waals surface area contributed by atoms with E-state index in [1.54, 1.807) is 0 Å². The van der Waals surface area contributed by atoms with Gasteiger partial charge in [-0.3, -0.25) is 5.41 Å². The van der Waals surface area contributed by atoms with Gasteiger partial charge in [0.25, 0.3) is 5.90 Å². The maximum absolute atomic E-state index is 11.3. The first-order valence-corrected chi connectivity index (χ1v) is 13.2. The lowest BCUT2D eigenvalue weighted by Gasteiger charge is -2.32. The number of hydrogen-bond acceptors (Lipinski definition) is 9. The fourth-order valence-corrected chi connectivity index (χ4v) is 5.56. The van der Waals surface area contributed by atoms with Crippen molar-refractivity contribution < 1.29 is 14.3 Å². The zero-order chi connectivity index (χ0) is 24.8. The van der Waals surface area contributed by atoms with Crippen LogP contribution in [0.4, 0.5) is 16.3 Å². The van der Waals surface area contributed by atoms with Gasteiger partial charge in [-0.15, -0.1) is 0 Å². The second-order valence-electron chi connectivity index (χ2n) is 10.6. The van der Waals surface area contributed by atoms with Crippen LogP contribution >= 0.6 is 0 Å². The summed E-state index contributed by atoms with van der Waals surface area (Å²) in [7, 11) is 0. The molecule has 2 heterocycles. The summed E-state index contributed by atoms with van der Waals surface area (Å²) in [6, 6.07) is 0. The third-order valence-corrected chi connectivity index (χ3v) is 7.64. The van der Waals surface area contributed by atoms with E-state index in [0.29, 0.717) is 30.9 Å². The molecule has 35 heavy (non-hydrogen) atoms. The van der Waals surface area contributed by atoms with Crippen molar-refractivity contribution in [3.05, 3.63) is 11.5 Å². The molecular formula is C25H41N7O3. The van der Waals surface area contributed by atoms with Gasteiger partial charge < -0.3 is 25.9 Å². The van der Waals surface area contributed by atoms with Gasteiger partial charge in [0.05, 0.1) is 18.9 Å². The van der Waals surface area contributed by atoms with Crippen molar-refractivity contribution in [1.82, 2.24) is 15.0 Å². The Balaban J connectivity index is 1.67. The molecule has 4 rings (SSSR count). The number of hydrogen-bond donors (Lipinski definition) is 4. The molecule has 10 heteroatoms. The lowest BCUT2D eigenvalue weighted by molar-refractivity contribution is 0.0495. The topological polar surface area (TPSA) is 138 Å². The molecule has 3 fully saturated rings. The first kappa shape index (κ1) is 25.6. The van der Waals surface area contributed by atoms with E-state index in [0.717, 1.165) is 56.2 Å². The molecule has 0 aromatic carbocycles. The van der Waals surface area contributed by atoms with Gasteiger partial charge in [0.1, 0.15) is 5.69 Å². The van der Waals surface area contributed by atoms with Crippen LogP contribution in [0.2, 0.25) is 0 Å². The van der Waals surface area contributed by atoms with Crippen molar-refractivity contribution in [1.29, 1.82) is 5.41 Å². The van der Waals surface area contributed by atoms with Gasteiger partial charge in [-0.2, -0.15) is 0 Å². The second-order valence-corrected chi connectivity index (χ2v) is 10.6. The molecule has 2 atom stereocenters. The molecule has 2 unspecified atom stereocenters. The molecule has 2 aliphatic carbocycles. The third kappa shape index (κ3) is 7.04. The normalized spacial score (nSPS) is 27.7. The average molecular weight is 488 g/mol. The number of amides is 1. The highest BCUT2D eigenvalue weighted by atomic mass is 16.6. The first-order chi connectivity index (χ1) is 16.9. The van der Waals surface area contributed by atoms with Crippen LogP contribution in [0.15, 0.2) is 0 Å². The van der Waals surface area contributed by atoms with Crippen LogP contribution in [0.1, 0.15) is 82.7 Å². The number of carbonyl (C=O) groups is 1. The minimum absolute atomic E-state index is 0.0739. The molecule has 3 aliphatic rings. The lowest BCUT2D eigenvalue weighted by atomic mass is 9.80. The zero-order valence-corrected chi connectivity index (χ0v) is 21.1. The van der Waals surface area contributed by atoms with Crippen LogP contribution in [-0.4, -0.2) is 59.8 Å². The molecule has 1 aromatic heterocycles. The predicted octanol–water partition coefficient (Wildman–Crippen LogP) is 4.09. The highest BCUT2D eigenvalue weighted by Gasteiger charge is 2.29. The summed E-state index contributed by atoms with van der Waals surface area (Å²) >= 11 is 0. The molecule has 5 N–H and O–H groups in total. The van der Waals surface area contributed by atoms with Crippen molar-refractivity contribution in [2.45, 2.75) is 71.1 Å². The Morgan fingerprint density at radius 2 is 1.86 bits per heavy atom. The van der Waals surface area contributed by atoms with Crippen LogP contribution in [0, 0.1) is 23.2 Å². The Morgan fingerprint density at radius 3 is 2.54 bits per heavy atom. The van der Waals surface area contributed by atoms with E-state index in [9.17, 15) is 4.79 Å². The van der Waals surface area contributed by atoms with Crippen molar-refractivity contribution >= 4 is 23.5 Å². The highest BCUT2D eigenvalue weighted by Crippen LogP contribution is 2.40. The summed E-state index contributed by atoms with van der Waals surface area (Å²) in [5, 5.41) is 14.1. The Bertz CT molecular complexity index is 882. The molecule has 0 radical (unpaired) electrons. The van der Waals surface area contributed by atoms with Gasteiger partial charge >= 0.3 is 6.09 Å². The van der Waals surface area contributed by atoms with Gasteiger partial charge in [0, 0.05) is 25.6 Å². The van der Waals surface area contributed by atoms with Crippen LogP contribution in [0.3, 0.4) is 0 Å². The van der Waals surface area contributed by atoms with E-state index in [4.69, 9.17) is 25.6 Å². The molecule has 0 bridgehead atoms. The fourth-order valence-electron chi connectivity index (χ4n) is 5.56. The van der Waals surface area contributed by atoms with E-state index >= 15 is 0 Å². The summed E-state index contributed by atoms with van der Waals surface area (Å²) in [5.74, 6) is 2.55. The summed E-state index contributed by atoms with van der Waals surface area (Å²) in [6.07, 6.45) is 8.40. The Labute approximate surface area is 208 Å². The number of hydrazine groups is 1. The maximum atomic E-state index is 11.3. The molecule has 1 saturated heterocycles. The number of nitrogens with two attached hydrogens (primary N) is 1. The molecule has 0 spiro atoms. The van der Waals surface area contributed by atoms with Crippen molar-refractivity contribution in [3.63, 3.8) is 0 Å². The van der Waals surface area contributed by atoms with Gasteiger partial charge in [-0.25, -0.2) is 19.8 Å². The summed E-state index contributed by atoms with van der Waals surface area (Å²) in [6.45, 7) is 8.23. The second kappa shape index (κ2) is 12.0. The summed E-state index contributed by atoms with van der Waals surface area (Å²) in [5.41, 5.74) is 10.4. The fraction of sp³-hybridized carbons (Fsp3) is 0.760. The van der Waals surface area contributed by atoms with Crippen molar-refractivity contribution in [2.75, 3.05) is 43.6 Å². The number of morpholine rings is 1. The molecule has 1 aromatic rings. The van der Waals surface area contributed by atoms with Crippen molar-refractivity contribution in [3.8, 4) is 0 Å². The highest BCUT2D eigenvalue weighted by molar-refractivity contribution is 5.95. The quantitative estimate of drug-likeness (QED) is 0.333. The lowest BCUT2D eigenvalue weighted by Crippen LogP contribution is -2.41. The maximum Gasteiger partial charge on any atom is 0.411 e. The molecule has 10 nitrogen and oxygen atoms in total. The third-order valence-electron chi connectivity index (χ3n) is 7.64. The van der Waals surface area contributed by atoms with Gasteiger partial charge in [0.2, 0.25) is 5.82 Å². The number of anilines is 2. The van der Waals surface area contributed by atoms with Crippen LogP contribution in [-0.2, 0) is 9.47 Å². The summed E-state index contributed by atoms with van der Waals surface area (Å²) < 4.78 is 10.4. The van der Waals surface area contributed by atoms with E-state index in [2.05, 4.69) is 34.6 Å². The molecule has 194 valence electrons. The number of aromatic nitrogens is 2. The van der Waals surface area contributed by atoms with Crippen LogP contribution in [0.5, 0.6) is 0 Å². The predicted molar refractivity (Wildman–Crippen MR) is 136 cm³/mol. The number of carbonyl (C=O) groups excluding carboxylic acids is 1. The number of nitrogens with one attached hydrogen (secondary N) is 3. The molecule has 2 saturated carbocycles. The largest absolute Gasteiger partial charge is 0.411 e. The molecule has 1 amide bonds. The van der Waals surface area contributed by atoms with Crippen molar-refractivity contribution in [2.24, 2.45) is 23.5 Å². The Kier molecular flexibility index (Phi) is 8.78. The van der Waals surface area contributed by atoms with Gasteiger partial charge in [-0.1, -0.05) is 39.5 Å². The standard InChI is InChI=1S/C25H41N7O3/c1-16-6-8-18(9-7-16)15-28-21-20(19-5-3-4-17(2)14-19)29-24(22(26)35-25(27)33)30-23(21)31-32-10-12-34-13-11-32/h16-19,26,28H,3-15H2,1-2H3,(H2,27,33)(H,29,30,31). The van der Waals surface area contributed by atoms with E-state index in [1.807, 2.05) is 0 Å². The summed E-state index contributed by atoms with van der Waals surface area (Å²) in [4.78, 5) is 20.8. The number of ether oxygens (including phenoxy) is 2. The number of rotatable bonds is 7. The van der Waals surface area contributed by atoms with E-state index in [1.165, 1.54) is 32.1 Å². The smallest absolute Gasteiger partial charge is 0.388 e. The molecule has 1 aliphatic heterocycles. The van der Waals surface area contributed by atoms with Gasteiger partial charge in [-0.05, 0) is 43.4 Å². The first-order valence-electron chi connectivity index (χ1n) is 13.2. The van der Waals surface area contributed by atoms with E-state index in [-0.39, 0.29) is 11.7 Å². The average Bonchev–Trinajstić information content (AvgIpc) is 2.84. The zero-order valence-electron chi connectivity index (χ0n) is 21.1. The minimum Gasteiger partial charge on any atom is -0.388 e. The van der Waals surface area contributed by atoms with Crippen LogP contribution < -0.4 is 16.5 Å². The van der Waals surface area contributed by atoms with Crippen LogP contribution in [0.25, 0.3) is 0 Å². The minimum atomic E-state index is -1.04. The number of primary amides is 1. The molecular weight excluding hydrogens is 446 g/mol. The SMILES string of the molecule is CC1CCC(CNc2c(NN3CCOCC3)nc(C(=N)OC(N)=O)nc2C2CCCC(C)C2)CC1. The number of nitrogens with zero attached hydrogens (tertiary/aromatic N) is 3. The Hall–Kier alpha value is -2.46. The monoisotopic (exact) mass is 487 g/mol. The van der Waals surface area contributed by atoms with Gasteiger partial charge in [0.15, 0.2) is 5.82 Å². The van der Waals surface area contributed by atoms with E-state index < -0.39 is 12.0 Å². The Morgan fingerprint density at radius 1 is 1.11 bits per heavy atom.